The topological polar surface area (TPSA) is 12.0 Å². The Hall–Kier alpha value is -0.600. The highest BCUT2D eigenvalue weighted by Gasteiger charge is 2.16. The molecule has 0 spiro atoms. The van der Waals surface area contributed by atoms with Crippen LogP contribution >= 0.6 is 15.9 Å². The van der Waals surface area contributed by atoms with Crippen LogP contribution in [-0.2, 0) is 0 Å². The van der Waals surface area contributed by atoms with Crippen LogP contribution in [0, 0.1) is 6.92 Å². The fourth-order valence-corrected chi connectivity index (χ4v) is 3.05. The summed E-state index contributed by atoms with van der Waals surface area (Å²) in [6.07, 6.45) is 8.96. The minimum Gasteiger partial charge on any atom is -0.310 e. The van der Waals surface area contributed by atoms with Gasteiger partial charge in [-0.3, -0.25) is 0 Å². The van der Waals surface area contributed by atoms with Crippen molar-refractivity contribution in [1.82, 2.24) is 5.32 Å². The second kappa shape index (κ2) is 6.53. The van der Waals surface area contributed by atoms with E-state index in [1.165, 1.54) is 47.7 Å². The lowest BCUT2D eigenvalue weighted by Crippen LogP contribution is -2.18. The van der Waals surface area contributed by atoms with Gasteiger partial charge in [0.25, 0.3) is 0 Å². The van der Waals surface area contributed by atoms with Crippen molar-refractivity contribution in [3.8, 4) is 0 Å². The van der Waals surface area contributed by atoms with Crippen LogP contribution < -0.4 is 5.32 Å². The van der Waals surface area contributed by atoms with Gasteiger partial charge < -0.3 is 5.32 Å². The van der Waals surface area contributed by atoms with E-state index in [0.29, 0.717) is 6.04 Å². The van der Waals surface area contributed by atoms with Crippen molar-refractivity contribution in [3.05, 3.63) is 45.4 Å². The van der Waals surface area contributed by atoms with Crippen molar-refractivity contribution in [2.45, 2.75) is 45.1 Å². The van der Waals surface area contributed by atoms with E-state index in [-0.39, 0.29) is 0 Å². The average molecular weight is 308 g/mol. The number of halogens is 1. The number of benzene rings is 1. The molecule has 1 aromatic rings. The van der Waals surface area contributed by atoms with Gasteiger partial charge in [0.05, 0.1) is 6.04 Å². The molecule has 98 valence electrons. The lowest BCUT2D eigenvalue weighted by molar-refractivity contribution is 0.628. The Morgan fingerprint density at radius 1 is 1.22 bits per heavy atom. The Morgan fingerprint density at radius 3 is 2.78 bits per heavy atom. The molecule has 0 saturated carbocycles. The van der Waals surface area contributed by atoms with Crippen molar-refractivity contribution >= 4 is 15.9 Å². The fourth-order valence-electron chi connectivity index (χ4n) is 2.66. The smallest absolute Gasteiger partial charge is 0.0534 e. The monoisotopic (exact) mass is 307 g/mol. The van der Waals surface area contributed by atoms with Crippen molar-refractivity contribution in [3.63, 3.8) is 0 Å². The van der Waals surface area contributed by atoms with Gasteiger partial charge in [-0.05, 0) is 56.8 Å². The van der Waals surface area contributed by atoms with Gasteiger partial charge in [-0.2, -0.15) is 0 Å². The molecule has 1 aromatic carbocycles. The van der Waals surface area contributed by atoms with Gasteiger partial charge in [0.2, 0.25) is 0 Å². The van der Waals surface area contributed by atoms with Gasteiger partial charge in [0.15, 0.2) is 0 Å². The minimum absolute atomic E-state index is 0.375. The Labute approximate surface area is 119 Å². The number of rotatable bonds is 3. The van der Waals surface area contributed by atoms with Crippen LogP contribution in [0.5, 0.6) is 0 Å². The van der Waals surface area contributed by atoms with E-state index >= 15 is 0 Å². The van der Waals surface area contributed by atoms with E-state index < -0.39 is 0 Å². The second-order valence-corrected chi connectivity index (χ2v) is 5.96. The average Bonchev–Trinajstić information content (AvgIpc) is 2.64. The summed E-state index contributed by atoms with van der Waals surface area (Å²) >= 11 is 3.64. The lowest BCUT2D eigenvalue weighted by Gasteiger charge is -2.21. The lowest BCUT2D eigenvalue weighted by atomic mass is 9.94. The van der Waals surface area contributed by atoms with E-state index in [2.05, 4.69) is 59.5 Å². The van der Waals surface area contributed by atoms with E-state index in [9.17, 15) is 0 Å². The predicted octanol–water partition coefficient (Wildman–Crippen LogP) is 4.91. The van der Waals surface area contributed by atoms with Crippen molar-refractivity contribution in [2.24, 2.45) is 0 Å². The van der Waals surface area contributed by atoms with Crippen molar-refractivity contribution < 1.29 is 0 Å². The van der Waals surface area contributed by atoms with E-state index in [1.54, 1.807) is 5.57 Å². The number of nitrogens with one attached hydrogen (secondary N) is 1. The van der Waals surface area contributed by atoms with E-state index in [1.807, 2.05) is 0 Å². The highest BCUT2D eigenvalue weighted by molar-refractivity contribution is 9.10. The molecule has 1 N–H and O–H groups in total. The van der Waals surface area contributed by atoms with Gasteiger partial charge in [0, 0.05) is 4.47 Å². The molecule has 0 fully saturated rings. The van der Waals surface area contributed by atoms with Crippen LogP contribution in [0.3, 0.4) is 0 Å². The highest BCUT2D eigenvalue weighted by atomic mass is 79.9. The Morgan fingerprint density at radius 2 is 2.06 bits per heavy atom. The molecule has 0 aromatic heterocycles. The van der Waals surface area contributed by atoms with Crippen LogP contribution in [0.4, 0.5) is 0 Å². The molecular weight excluding hydrogens is 286 g/mol. The van der Waals surface area contributed by atoms with Gasteiger partial charge in [-0.15, -0.1) is 0 Å². The molecule has 0 heterocycles. The molecule has 0 aliphatic heterocycles. The zero-order valence-corrected chi connectivity index (χ0v) is 12.9. The summed E-state index contributed by atoms with van der Waals surface area (Å²) in [6, 6.07) is 7.07. The summed E-state index contributed by atoms with van der Waals surface area (Å²) in [5.74, 6) is 0. The van der Waals surface area contributed by atoms with Gasteiger partial charge in [-0.1, -0.05) is 46.1 Å². The van der Waals surface area contributed by atoms with Gasteiger partial charge in [0.1, 0.15) is 0 Å². The van der Waals surface area contributed by atoms with Crippen LogP contribution in [0.25, 0.3) is 0 Å². The number of likely N-dealkylation sites (N-methyl/N-ethyl adjacent to an activating group) is 1. The maximum atomic E-state index is 3.64. The number of hydrogen-bond donors (Lipinski definition) is 1. The summed E-state index contributed by atoms with van der Waals surface area (Å²) in [4.78, 5) is 0. The van der Waals surface area contributed by atoms with Crippen LogP contribution in [0.15, 0.2) is 34.3 Å². The third kappa shape index (κ3) is 3.24. The van der Waals surface area contributed by atoms with Crippen molar-refractivity contribution in [1.29, 1.82) is 0 Å². The zero-order chi connectivity index (χ0) is 13.0. The van der Waals surface area contributed by atoms with Crippen LogP contribution in [0.1, 0.15) is 49.3 Å². The molecule has 1 unspecified atom stereocenters. The molecule has 1 atom stereocenters. The highest BCUT2D eigenvalue weighted by Crippen LogP contribution is 2.31. The third-order valence-electron chi connectivity index (χ3n) is 3.76. The largest absolute Gasteiger partial charge is 0.310 e. The first-order chi connectivity index (χ1) is 8.72. The summed E-state index contributed by atoms with van der Waals surface area (Å²) in [7, 11) is 2.06. The van der Waals surface area contributed by atoms with Crippen molar-refractivity contribution in [2.75, 3.05) is 7.05 Å². The zero-order valence-electron chi connectivity index (χ0n) is 11.3. The Balaban J connectivity index is 2.26. The molecule has 0 saturated heterocycles. The number of allylic oxidation sites excluding steroid dienone is 1. The minimum atomic E-state index is 0.375. The van der Waals surface area contributed by atoms with Crippen LogP contribution in [0.2, 0.25) is 0 Å². The number of aryl methyl sites for hydroxylation is 1. The first kappa shape index (κ1) is 13.8. The molecule has 2 rings (SSSR count). The summed E-state index contributed by atoms with van der Waals surface area (Å²) < 4.78 is 1.20. The molecule has 0 bridgehead atoms. The molecular formula is C16H22BrN. The quantitative estimate of drug-likeness (QED) is 0.782. The fraction of sp³-hybridized carbons (Fsp3) is 0.500. The normalized spacial score (nSPS) is 18.1. The molecule has 0 radical (unpaired) electrons. The molecule has 1 aliphatic carbocycles. The molecule has 2 heteroatoms. The molecule has 1 aliphatic rings. The Kier molecular flexibility index (Phi) is 5.02. The van der Waals surface area contributed by atoms with Gasteiger partial charge in [-0.25, -0.2) is 0 Å². The maximum absolute atomic E-state index is 3.64. The molecule has 0 amide bonds. The Bertz CT molecular complexity index is 437. The maximum Gasteiger partial charge on any atom is 0.0534 e. The third-order valence-corrected chi connectivity index (χ3v) is 4.62. The standard InChI is InChI=1S/C16H22BrN/c1-12-9-10-14(11-15(12)17)16(18-2)13-7-5-3-4-6-8-13/h7,9-11,16,18H,3-6,8H2,1-2H3. The molecule has 1 nitrogen and oxygen atoms in total. The van der Waals surface area contributed by atoms with Gasteiger partial charge >= 0.3 is 0 Å². The first-order valence-electron chi connectivity index (χ1n) is 6.84. The number of hydrogen-bond acceptors (Lipinski definition) is 1. The predicted molar refractivity (Wildman–Crippen MR) is 81.8 cm³/mol. The van der Waals surface area contributed by atoms with Crippen LogP contribution in [-0.4, -0.2) is 7.05 Å². The first-order valence-corrected chi connectivity index (χ1v) is 7.64. The summed E-state index contributed by atoms with van der Waals surface area (Å²) in [5, 5.41) is 3.47. The SMILES string of the molecule is CNC(C1=CCCCCC1)c1ccc(C)c(Br)c1. The summed E-state index contributed by atoms with van der Waals surface area (Å²) in [5.41, 5.74) is 4.22. The van der Waals surface area contributed by atoms with E-state index in [4.69, 9.17) is 0 Å². The molecule has 18 heavy (non-hydrogen) atoms. The second-order valence-electron chi connectivity index (χ2n) is 5.11. The summed E-state index contributed by atoms with van der Waals surface area (Å²) in [6.45, 7) is 2.13. The van der Waals surface area contributed by atoms with E-state index in [0.717, 1.165) is 0 Å².